The second kappa shape index (κ2) is 7.28. The lowest BCUT2D eigenvalue weighted by Crippen LogP contribution is -2.44. The second-order valence-electron chi connectivity index (χ2n) is 4.48. The number of carbonyl (C=O) groups excluding carboxylic acids is 1. The summed E-state index contributed by atoms with van der Waals surface area (Å²) < 4.78 is 4.99. The summed E-state index contributed by atoms with van der Waals surface area (Å²) in [7, 11) is 0.424. The predicted octanol–water partition coefficient (Wildman–Crippen LogP) is 1.83. The zero-order valence-corrected chi connectivity index (χ0v) is 11.4. The smallest absolute Gasteiger partial charge is 0.408 e. The average Bonchev–Trinajstić information content (AvgIpc) is 2.13. The molecule has 98 valence electrons. The van der Waals surface area contributed by atoms with Gasteiger partial charge in [-0.25, -0.2) is 9.59 Å². The van der Waals surface area contributed by atoms with Gasteiger partial charge in [0.15, 0.2) is 0 Å². The van der Waals surface area contributed by atoms with Gasteiger partial charge in [0.25, 0.3) is 0 Å². The molecule has 0 bridgehead atoms. The topological polar surface area (TPSA) is 75.6 Å². The van der Waals surface area contributed by atoms with Gasteiger partial charge in [-0.15, -0.1) is 15.2 Å². The van der Waals surface area contributed by atoms with E-state index in [1.165, 1.54) is 0 Å². The highest BCUT2D eigenvalue weighted by molar-refractivity contribution is 7.38. The summed E-state index contributed by atoms with van der Waals surface area (Å²) in [6.07, 6.45) is 2.17. The van der Waals surface area contributed by atoms with Crippen molar-refractivity contribution in [2.75, 3.05) is 12.3 Å². The van der Waals surface area contributed by atoms with Crippen LogP contribution < -0.4 is 5.32 Å². The third-order valence-electron chi connectivity index (χ3n) is 1.63. The van der Waals surface area contributed by atoms with Crippen molar-refractivity contribution < 1.29 is 19.4 Å². The third kappa shape index (κ3) is 8.69. The molecule has 0 rings (SSSR count). The van der Waals surface area contributed by atoms with Gasteiger partial charge < -0.3 is 15.2 Å². The van der Waals surface area contributed by atoms with Crippen LogP contribution in [0.5, 0.6) is 0 Å². The number of nitrogens with one attached hydrogen (secondary N) is 1. The number of rotatable bonds is 6. The molecule has 0 fully saturated rings. The molecule has 0 aromatic rings. The van der Waals surface area contributed by atoms with Gasteiger partial charge in [-0.1, -0.05) is 6.08 Å². The van der Waals surface area contributed by atoms with Gasteiger partial charge in [0.1, 0.15) is 11.6 Å². The van der Waals surface area contributed by atoms with Gasteiger partial charge in [-0.05, 0) is 33.1 Å². The Labute approximate surface area is 103 Å². The van der Waals surface area contributed by atoms with Gasteiger partial charge in [0.05, 0.1) is 0 Å². The molecule has 5 nitrogen and oxygen atoms in total. The zero-order valence-electron chi connectivity index (χ0n) is 10.4. The Hall–Kier alpha value is -1.09. The van der Waals surface area contributed by atoms with Crippen molar-refractivity contribution in [1.29, 1.82) is 0 Å². The molecule has 0 saturated carbocycles. The summed E-state index contributed by atoms with van der Waals surface area (Å²) in [5, 5.41) is 11.3. The first-order valence-electron chi connectivity index (χ1n) is 5.30. The van der Waals surface area contributed by atoms with Crippen LogP contribution in [0.3, 0.4) is 0 Å². The summed E-state index contributed by atoms with van der Waals surface area (Å²) in [4.78, 5) is 22.3. The molecule has 2 atom stereocenters. The number of alkyl carbamates (subject to hydrolysis) is 1. The number of hydrogen-bond donors (Lipinski definition) is 2. The summed E-state index contributed by atoms with van der Waals surface area (Å²) in [6.45, 7) is 8.73. The summed E-state index contributed by atoms with van der Waals surface area (Å²) in [5.74, 6) is -1.05. The quantitative estimate of drug-likeness (QED) is 0.434. The number of aliphatic carboxylic acids is 1. The Bertz CT molecular complexity index is 286. The SMILES string of the molecule is C=CCPC[C@H](NC(=O)OC(C)(C)C)C(=O)O. The number of carboxylic acids is 1. The molecule has 2 N–H and O–H groups in total. The number of carboxylic acid groups (broad SMARTS) is 1. The van der Waals surface area contributed by atoms with E-state index in [1.54, 1.807) is 26.8 Å². The molecule has 0 heterocycles. The summed E-state index contributed by atoms with van der Waals surface area (Å²) in [5.41, 5.74) is -0.628. The molecule has 0 radical (unpaired) electrons. The highest BCUT2D eigenvalue weighted by Crippen LogP contribution is 2.12. The monoisotopic (exact) mass is 261 g/mol. The van der Waals surface area contributed by atoms with Gasteiger partial charge in [0.2, 0.25) is 0 Å². The zero-order chi connectivity index (χ0) is 13.5. The Kier molecular flexibility index (Phi) is 6.81. The highest BCUT2D eigenvalue weighted by atomic mass is 31.1. The molecule has 0 aliphatic rings. The van der Waals surface area contributed by atoms with E-state index in [0.717, 1.165) is 6.16 Å². The number of allylic oxidation sites excluding steroid dienone is 1. The van der Waals surface area contributed by atoms with E-state index >= 15 is 0 Å². The van der Waals surface area contributed by atoms with Crippen molar-refractivity contribution in [1.82, 2.24) is 5.32 Å². The Morgan fingerprint density at radius 2 is 2.12 bits per heavy atom. The Morgan fingerprint density at radius 1 is 1.53 bits per heavy atom. The van der Waals surface area contributed by atoms with Crippen molar-refractivity contribution in [3.8, 4) is 0 Å². The molecule has 0 aromatic carbocycles. The fourth-order valence-electron chi connectivity index (χ4n) is 0.980. The van der Waals surface area contributed by atoms with Crippen molar-refractivity contribution in [2.45, 2.75) is 32.4 Å². The summed E-state index contributed by atoms with van der Waals surface area (Å²) in [6, 6.07) is -0.900. The number of ether oxygens (including phenoxy) is 1. The largest absolute Gasteiger partial charge is 0.480 e. The van der Waals surface area contributed by atoms with Gasteiger partial charge in [0, 0.05) is 0 Å². The Balaban J connectivity index is 4.20. The van der Waals surface area contributed by atoms with E-state index in [0.29, 0.717) is 14.7 Å². The van der Waals surface area contributed by atoms with Crippen LogP contribution in [0, 0.1) is 0 Å². The molecule has 1 unspecified atom stereocenters. The van der Waals surface area contributed by atoms with E-state index in [1.807, 2.05) is 0 Å². The highest BCUT2D eigenvalue weighted by Gasteiger charge is 2.23. The van der Waals surface area contributed by atoms with Crippen molar-refractivity contribution in [3.63, 3.8) is 0 Å². The molecular weight excluding hydrogens is 241 g/mol. The van der Waals surface area contributed by atoms with Gasteiger partial charge >= 0.3 is 12.1 Å². The normalized spacial score (nSPS) is 13.4. The van der Waals surface area contributed by atoms with Gasteiger partial charge in [-0.3, -0.25) is 0 Å². The molecule has 0 aliphatic carbocycles. The number of amides is 1. The summed E-state index contributed by atoms with van der Waals surface area (Å²) >= 11 is 0. The van der Waals surface area contributed by atoms with Gasteiger partial charge in [-0.2, -0.15) is 0 Å². The van der Waals surface area contributed by atoms with Crippen LogP contribution in [0.4, 0.5) is 4.79 Å². The predicted molar refractivity (Wildman–Crippen MR) is 69.0 cm³/mol. The van der Waals surface area contributed by atoms with Crippen molar-refractivity contribution in [2.24, 2.45) is 0 Å². The number of carbonyl (C=O) groups is 2. The molecule has 0 saturated heterocycles. The average molecular weight is 261 g/mol. The molecule has 1 amide bonds. The van der Waals surface area contributed by atoms with E-state index in [9.17, 15) is 9.59 Å². The van der Waals surface area contributed by atoms with Crippen LogP contribution in [0.1, 0.15) is 20.8 Å². The molecule has 0 spiro atoms. The van der Waals surface area contributed by atoms with Crippen LogP contribution in [0.15, 0.2) is 12.7 Å². The third-order valence-corrected chi connectivity index (χ3v) is 2.90. The minimum absolute atomic E-state index is 0.389. The lowest BCUT2D eigenvalue weighted by Gasteiger charge is -2.21. The van der Waals surface area contributed by atoms with Crippen LogP contribution in [0.2, 0.25) is 0 Å². The standard InChI is InChI=1S/C11H20NO4P/c1-5-6-17-7-8(9(13)14)12-10(15)16-11(2,3)4/h5,8,17H,1,6-7H2,2-4H3,(H,12,15)(H,13,14)/t8-/m0/s1. The first kappa shape index (κ1) is 15.9. The second-order valence-corrected chi connectivity index (χ2v) is 5.80. The molecule has 17 heavy (non-hydrogen) atoms. The minimum Gasteiger partial charge on any atom is -0.480 e. The fourth-order valence-corrected chi connectivity index (χ4v) is 1.92. The van der Waals surface area contributed by atoms with Crippen LogP contribution in [-0.2, 0) is 9.53 Å². The van der Waals surface area contributed by atoms with E-state index in [-0.39, 0.29) is 0 Å². The van der Waals surface area contributed by atoms with E-state index < -0.39 is 23.7 Å². The van der Waals surface area contributed by atoms with Crippen molar-refractivity contribution in [3.05, 3.63) is 12.7 Å². The van der Waals surface area contributed by atoms with Crippen molar-refractivity contribution >= 4 is 20.6 Å². The maximum absolute atomic E-state index is 11.4. The molecular formula is C11H20NO4P. The van der Waals surface area contributed by atoms with Crippen LogP contribution in [-0.4, -0.2) is 41.1 Å². The molecule has 0 aromatic heterocycles. The maximum atomic E-state index is 11.4. The molecule has 0 aliphatic heterocycles. The minimum atomic E-state index is -1.05. The Morgan fingerprint density at radius 3 is 2.53 bits per heavy atom. The first-order valence-corrected chi connectivity index (χ1v) is 6.71. The maximum Gasteiger partial charge on any atom is 0.408 e. The lowest BCUT2D eigenvalue weighted by atomic mass is 10.2. The number of hydrogen-bond acceptors (Lipinski definition) is 3. The fraction of sp³-hybridized carbons (Fsp3) is 0.636. The van der Waals surface area contributed by atoms with Crippen LogP contribution >= 0.6 is 8.58 Å². The van der Waals surface area contributed by atoms with E-state index in [4.69, 9.17) is 9.84 Å². The van der Waals surface area contributed by atoms with E-state index in [2.05, 4.69) is 11.9 Å². The molecule has 6 heteroatoms. The lowest BCUT2D eigenvalue weighted by molar-refractivity contribution is -0.138. The first-order chi connectivity index (χ1) is 7.76. The van der Waals surface area contributed by atoms with Crippen LogP contribution in [0.25, 0.3) is 0 Å².